The first-order chi connectivity index (χ1) is 12.9. The minimum absolute atomic E-state index is 0.131. The van der Waals surface area contributed by atoms with Crippen LogP contribution in [0.3, 0.4) is 0 Å². The van der Waals surface area contributed by atoms with Crippen LogP contribution in [0.25, 0.3) is 0 Å². The molecule has 27 heavy (non-hydrogen) atoms. The first-order valence-corrected chi connectivity index (χ1v) is 10.4. The highest BCUT2D eigenvalue weighted by Gasteiger charge is 2.31. The van der Waals surface area contributed by atoms with Crippen molar-refractivity contribution >= 4 is 15.9 Å². The molecule has 1 heterocycles. The van der Waals surface area contributed by atoms with Crippen LogP contribution in [0.4, 0.5) is 0 Å². The van der Waals surface area contributed by atoms with Gasteiger partial charge in [0.25, 0.3) is 5.91 Å². The van der Waals surface area contributed by atoms with Gasteiger partial charge in [-0.1, -0.05) is 30.3 Å². The molecule has 2 aromatic rings. The van der Waals surface area contributed by atoms with E-state index in [9.17, 15) is 13.2 Å². The summed E-state index contributed by atoms with van der Waals surface area (Å²) >= 11 is 0. The number of rotatable bonds is 5. The molecule has 1 fully saturated rings. The number of hydrogen-bond acceptors (Lipinski definition) is 4. The van der Waals surface area contributed by atoms with Crippen LogP contribution < -0.4 is 4.74 Å². The third-order valence-electron chi connectivity index (χ3n) is 4.58. The maximum Gasteiger partial charge on any atom is 0.263 e. The van der Waals surface area contributed by atoms with E-state index >= 15 is 0 Å². The maximum absolute atomic E-state index is 12.7. The molecule has 1 aliphatic rings. The van der Waals surface area contributed by atoms with Gasteiger partial charge < -0.3 is 9.64 Å². The lowest BCUT2D eigenvalue weighted by atomic mass is 10.2. The van der Waals surface area contributed by atoms with E-state index in [1.165, 1.54) is 4.31 Å². The fourth-order valence-electron chi connectivity index (χ4n) is 3.09. The molecule has 0 spiro atoms. The summed E-state index contributed by atoms with van der Waals surface area (Å²) < 4.78 is 32.5. The van der Waals surface area contributed by atoms with Crippen molar-refractivity contribution in [2.45, 2.75) is 24.8 Å². The zero-order chi connectivity index (χ0) is 19.4. The molecule has 0 bridgehead atoms. The average Bonchev–Trinajstić information content (AvgIpc) is 2.68. The minimum atomic E-state index is -3.52. The average molecular weight is 388 g/mol. The second-order valence-corrected chi connectivity index (χ2v) is 8.56. The Morgan fingerprint density at radius 1 is 1.00 bits per heavy atom. The number of nitrogens with zero attached hydrogens (tertiary/aromatic N) is 2. The Morgan fingerprint density at radius 2 is 1.67 bits per heavy atom. The van der Waals surface area contributed by atoms with Crippen LogP contribution in [0.5, 0.6) is 5.75 Å². The number of piperazine rings is 1. The number of amides is 1. The van der Waals surface area contributed by atoms with Crippen LogP contribution >= 0.6 is 0 Å². The third kappa shape index (κ3) is 4.48. The highest BCUT2D eigenvalue weighted by Crippen LogP contribution is 2.19. The monoisotopic (exact) mass is 388 g/mol. The van der Waals surface area contributed by atoms with Crippen molar-refractivity contribution in [2.75, 3.05) is 26.2 Å². The summed E-state index contributed by atoms with van der Waals surface area (Å²) in [6.45, 7) is 4.95. The van der Waals surface area contributed by atoms with Crippen molar-refractivity contribution < 1.29 is 17.9 Å². The number of hydrogen-bond donors (Lipinski definition) is 0. The Bertz CT molecular complexity index is 891. The quantitative estimate of drug-likeness (QED) is 0.788. The predicted molar refractivity (Wildman–Crippen MR) is 103 cm³/mol. The summed E-state index contributed by atoms with van der Waals surface area (Å²) in [4.78, 5) is 14.6. The van der Waals surface area contributed by atoms with Crippen molar-refractivity contribution in [3.8, 4) is 5.75 Å². The fourth-order valence-corrected chi connectivity index (χ4v) is 4.53. The zero-order valence-corrected chi connectivity index (χ0v) is 16.4. The molecule has 1 atom stereocenters. The fraction of sp³-hybridized carbons (Fsp3) is 0.350. The van der Waals surface area contributed by atoms with Gasteiger partial charge in [-0.25, -0.2) is 8.42 Å². The van der Waals surface area contributed by atoms with Gasteiger partial charge in [0.15, 0.2) is 6.10 Å². The molecule has 0 aromatic heterocycles. The Labute approximate surface area is 160 Å². The molecule has 3 rings (SSSR count). The molecule has 1 aliphatic heterocycles. The molecule has 0 saturated carbocycles. The first kappa shape index (κ1) is 19.4. The molecule has 1 saturated heterocycles. The van der Waals surface area contributed by atoms with Gasteiger partial charge in [-0.05, 0) is 43.7 Å². The second kappa shape index (κ2) is 8.10. The summed E-state index contributed by atoms with van der Waals surface area (Å²) in [6, 6.07) is 15.9. The summed E-state index contributed by atoms with van der Waals surface area (Å²) in [5.41, 5.74) is 1.06. The zero-order valence-electron chi connectivity index (χ0n) is 15.5. The van der Waals surface area contributed by atoms with E-state index in [1.54, 1.807) is 42.2 Å². The van der Waals surface area contributed by atoms with Gasteiger partial charge in [-0.2, -0.15) is 4.31 Å². The molecule has 0 radical (unpaired) electrons. The Kier molecular flexibility index (Phi) is 5.82. The van der Waals surface area contributed by atoms with E-state index < -0.39 is 16.1 Å². The van der Waals surface area contributed by atoms with Gasteiger partial charge in [0.1, 0.15) is 5.75 Å². The highest BCUT2D eigenvalue weighted by molar-refractivity contribution is 7.89. The SMILES string of the molecule is Cc1cccc(O[C@H](C)C(=O)N2CCN(S(=O)(=O)c3ccccc3)CC2)c1. The summed E-state index contributed by atoms with van der Waals surface area (Å²) in [5.74, 6) is 0.523. The van der Waals surface area contributed by atoms with Crippen LogP contribution in [-0.2, 0) is 14.8 Å². The van der Waals surface area contributed by atoms with E-state index in [2.05, 4.69) is 0 Å². The van der Waals surface area contributed by atoms with Crippen molar-refractivity contribution in [3.63, 3.8) is 0 Å². The van der Waals surface area contributed by atoms with Crippen LogP contribution in [0.2, 0.25) is 0 Å². The lowest BCUT2D eigenvalue weighted by Crippen LogP contribution is -2.53. The van der Waals surface area contributed by atoms with Crippen LogP contribution in [0, 0.1) is 6.92 Å². The van der Waals surface area contributed by atoms with Crippen molar-refractivity contribution in [1.82, 2.24) is 9.21 Å². The Morgan fingerprint density at radius 3 is 2.30 bits per heavy atom. The van der Waals surface area contributed by atoms with Crippen molar-refractivity contribution in [1.29, 1.82) is 0 Å². The number of carbonyl (C=O) groups excluding carboxylic acids is 1. The van der Waals surface area contributed by atoms with Crippen LogP contribution in [0.1, 0.15) is 12.5 Å². The number of aryl methyl sites for hydroxylation is 1. The first-order valence-electron chi connectivity index (χ1n) is 8.95. The minimum Gasteiger partial charge on any atom is -0.481 e. The molecule has 1 amide bonds. The van der Waals surface area contributed by atoms with Crippen molar-refractivity contribution in [2.24, 2.45) is 0 Å². The molecule has 0 aliphatic carbocycles. The van der Waals surface area contributed by atoms with E-state index in [0.29, 0.717) is 18.8 Å². The van der Waals surface area contributed by atoms with Crippen molar-refractivity contribution in [3.05, 3.63) is 60.2 Å². The second-order valence-electron chi connectivity index (χ2n) is 6.62. The lowest BCUT2D eigenvalue weighted by molar-refractivity contribution is -0.139. The molecule has 0 N–H and O–H groups in total. The largest absolute Gasteiger partial charge is 0.481 e. The van der Waals surface area contributed by atoms with Gasteiger partial charge in [0, 0.05) is 26.2 Å². The summed E-state index contributed by atoms with van der Waals surface area (Å²) in [5, 5.41) is 0. The molecule has 144 valence electrons. The highest BCUT2D eigenvalue weighted by atomic mass is 32.2. The lowest BCUT2D eigenvalue weighted by Gasteiger charge is -2.35. The van der Waals surface area contributed by atoms with E-state index in [4.69, 9.17) is 4.74 Å². The van der Waals surface area contributed by atoms with Gasteiger partial charge in [-0.3, -0.25) is 4.79 Å². The van der Waals surface area contributed by atoms with Gasteiger partial charge >= 0.3 is 0 Å². The molecule has 6 nitrogen and oxygen atoms in total. The number of ether oxygens (including phenoxy) is 1. The van der Waals surface area contributed by atoms with Gasteiger partial charge in [0.05, 0.1) is 4.90 Å². The molecular formula is C20H24N2O4S. The number of carbonyl (C=O) groups is 1. The smallest absolute Gasteiger partial charge is 0.263 e. The van der Waals surface area contributed by atoms with Gasteiger partial charge in [0.2, 0.25) is 10.0 Å². The molecular weight excluding hydrogens is 364 g/mol. The number of sulfonamides is 1. The van der Waals surface area contributed by atoms with Gasteiger partial charge in [-0.15, -0.1) is 0 Å². The molecule has 0 unspecified atom stereocenters. The van der Waals surface area contributed by atoms with E-state index in [-0.39, 0.29) is 23.9 Å². The van der Waals surface area contributed by atoms with E-state index in [1.807, 2.05) is 31.2 Å². The van der Waals surface area contributed by atoms with E-state index in [0.717, 1.165) is 5.56 Å². The summed E-state index contributed by atoms with van der Waals surface area (Å²) in [7, 11) is -3.52. The predicted octanol–water partition coefficient (Wildman–Crippen LogP) is 2.30. The summed E-state index contributed by atoms with van der Waals surface area (Å²) in [6.07, 6.45) is -0.621. The normalized spacial score (nSPS) is 16.7. The maximum atomic E-state index is 12.7. The van der Waals surface area contributed by atoms with Crippen LogP contribution in [0.15, 0.2) is 59.5 Å². The third-order valence-corrected chi connectivity index (χ3v) is 6.49. The molecule has 2 aromatic carbocycles. The topological polar surface area (TPSA) is 66.9 Å². The standard InChI is InChI=1S/C20H24N2O4S/c1-16-7-6-8-18(15-16)26-17(2)20(23)21-11-13-22(14-12-21)27(24,25)19-9-4-3-5-10-19/h3-10,15,17H,11-14H2,1-2H3/t17-/m1/s1. The van der Waals surface area contributed by atoms with Crippen LogP contribution in [-0.4, -0.2) is 55.8 Å². The Hall–Kier alpha value is -2.38. The molecule has 7 heteroatoms. The Balaban J connectivity index is 1.59. The number of benzene rings is 2.